The number of carbonyl (C=O) groups excluding carboxylic acids is 1. The summed E-state index contributed by atoms with van der Waals surface area (Å²) >= 11 is 0. The van der Waals surface area contributed by atoms with Gasteiger partial charge in [-0.2, -0.15) is 0 Å². The molecule has 1 aliphatic carbocycles. The average molecular weight is 268 g/mol. The van der Waals surface area contributed by atoms with Gasteiger partial charge in [-0.05, 0) is 30.9 Å². The van der Waals surface area contributed by atoms with E-state index in [1.807, 2.05) is 30.3 Å². The predicted octanol–water partition coefficient (Wildman–Crippen LogP) is 4.00. The Morgan fingerprint density at radius 3 is 2.85 bits per heavy atom. The molecule has 2 atom stereocenters. The number of hydrogen-bond donors (Lipinski definition) is 1. The van der Waals surface area contributed by atoms with E-state index in [9.17, 15) is 4.79 Å². The Morgan fingerprint density at radius 1 is 1.20 bits per heavy atom. The summed E-state index contributed by atoms with van der Waals surface area (Å²) < 4.78 is 0. The highest BCUT2D eigenvalue weighted by atomic mass is 16.1. The van der Waals surface area contributed by atoms with Crippen LogP contribution in [0.4, 0.5) is 5.69 Å². The summed E-state index contributed by atoms with van der Waals surface area (Å²) in [6, 6.07) is 9.84. The zero-order valence-corrected chi connectivity index (χ0v) is 11.8. The first-order valence-corrected chi connectivity index (χ1v) is 7.40. The van der Waals surface area contributed by atoms with E-state index >= 15 is 0 Å². The lowest BCUT2D eigenvalue weighted by molar-refractivity contribution is -0.122. The molecule has 1 heterocycles. The van der Waals surface area contributed by atoms with Crippen molar-refractivity contribution in [3.63, 3.8) is 0 Å². The van der Waals surface area contributed by atoms with Crippen molar-refractivity contribution in [1.29, 1.82) is 0 Å². The molecule has 104 valence electrons. The minimum absolute atomic E-state index is 0.141. The molecule has 1 saturated carbocycles. The Morgan fingerprint density at radius 2 is 2.00 bits per heavy atom. The van der Waals surface area contributed by atoms with Crippen molar-refractivity contribution >= 4 is 22.5 Å². The summed E-state index contributed by atoms with van der Waals surface area (Å²) in [5.74, 6) is 0.768. The summed E-state index contributed by atoms with van der Waals surface area (Å²) in [7, 11) is 0. The van der Waals surface area contributed by atoms with Crippen molar-refractivity contribution in [2.75, 3.05) is 5.32 Å². The van der Waals surface area contributed by atoms with Crippen LogP contribution in [0.3, 0.4) is 0 Å². The van der Waals surface area contributed by atoms with E-state index in [2.05, 4.69) is 17.2 Å². The number of nitrogens with one attached hydrogen (secondary N) is 1. The number of pyridine rings is 1. The molecule has 1 fully saturated rings. The molecule has 1 aromatic carbocycles. The Balaban J connectivity index is 1.84. The number of nitrogens with zero attached hydrogens (tertiary/aromatic N) is 1. The van der Waals surface area contributed by atoms with Crippen LogP contribution in [-0.2, 0) is 4.79 Å². The van der Waals surface area contributed by atoms with Crippen molar-refractivity contribution in [3.8, 4) is 0 Å². The van der Waals surface area contributed by atoms with Crippen LogP contribution >= 0.6 is 0 Å². The van der Waals surface area contributed by atoms with Crippen molar-refractivity contribution in [3.05, 3.63) is 36.5 Å². The topological polar surface area (TPSA) is 42.0 Å². The lowest BCUT2D eigenvalue weighted by Crippen LogP contribution is -2.30. The lowest BCUT2D eigenvalue weighted by atomic mass is 9.80. The van der Waals surface area contributed by atoms with Crippen LogP contribution in [0.25, 0.3) is 10.9 Å². The van der Waals surface area contributed by atoms with E-state index in [0.717, 1.165) is 35.9 Å². The fourth-order valence-electron chi connectivity index (χ4n) is 3.14. The van der Waals surface area contributed by atoms with Crippen molar-refractivity contribution in [2.24, 2.45) is 11.8 Å². The monoisotopic (exact) mass is 268 g/mol. The molecule has 3 nitrogen and oxygen atoms in total. The molecule has 1 amide bonds. The number of anilines is 1. The van der Waals surface area contributed by atoms with Crippen molar-refractivity contribution in [1.82, 2.24) is 4.98 Å². The van der Waals surface area contributed by atoms with Gasteiger partial charge in [-0.15, -0.1) is 0 Å². The summed E-state index contributed by atoms with van der Waals surface area (Å²) in [4.78, 5) is 16.9. The third-order valence-corrected chi connectivity index (χ3v) is 4.34. The number of fused-ring (bicyclic) bond motifs is 1. The van der Waals surface area contributed by atoms with Gasteiger partial charge in [0.1, 0.15) is 0 Å². The van der Waals surface area contributed by atoms with E-state index in [1.165, 1.54) is 6.42 Å². The van der Waals surface area contributed by atoms with Crippen LogP contribution in [-0.4, -0.2) is 10.9 Å². The number of hydrogen-bond acceptors (Lipinski definition) is 2. The van der Waals surface area contributed by atoms with Gasteiger partial charge in [0.25, 0.3) is 0 Å². The molecule has 3 heteroatoms. The Labute approximate surface area is 119 Å². The van der Waals surface area contributed by atoms with Crippen LogP contribution < -0.4 is 5.32 Å². The van der Waals surface area contributed by atoms with Crippen molar-refractivity contribution < 1.29 is 4.79 Å². The smallest absolute Gasteiger partial charge is 0.227 e. The van der Waals surface area contributed by atoms with Gasteiger partial charge in [0, 0.05) is 17.5 Å². The third kappa shape index (κ3) is 2.53. The molecule has 3 rings (SSSR count). The van der Waals surface area contributed by atoms with Gasteiger partial charge in [-0.25, -0.2) is 0 Å². The first kappa shape index (κ1) is 13.1. The van der Waals surface area contributed by atoms with Gasteiger partial charge in [-0.3, -0.25) is 9.78 Å². The molecular weight excluding hydrogens is 248 g/mol. The predicted molar refractivity (Wildman–Crippen MR) is 81.5 cm³/mol. The second kappa shape index (κ2) is 5.61. The lowest BCUT2D eigenvalue weighted by Gasteiger charge is -2.27. The third-order valence-electron chi connectivity index (χ3n) is 4.34. The molecule has 1 aromatic heterocycles. The highest BCUT2D eigenvalue weighted by Gasteiger charge is 2.27. The highest BCUT2D eigenvalue weighted by molar-refractivity contribution is 6.01. The number of para-hydroxylation sites is 1. The molecule has 20 heavy (non-hydrogen) atoms. The zero-order valence-electron chi connectivity index (χ0n) is 11.8. The molecule has 2 unspecified atom stereocenters. The van der Waals surface area contributed by atoms with Gasteiger partial charge in [-0.1, -0.05) is 38.0 Å². The number of amides is 1. The van der Waals surface area contributed by atoms with Crippen LogP contribution in [0, 0.1) is 11.8 Å². The molecule has 2 aromatic rings. The number of rotatable bonds is 2. The van der Waals surface area contributed by atoms with E-state index in [0.29, 0.717) is 5.92 Å². The molecular formula is C17H20N2O. The van der Waals surface area contributed by atoms with Gasteiger partial charge < -0.3 is 5.32 Å². The standard InChI is InChI=1S/C17H20N2O/c1-12-6-2-3-9-14(12)17(20)19-15-10-4-7-13-8-5-11-18-16(13)15/h4-5,7-8,10-12,14H,2-3,6,9H2,1H3,(H,19,20). The normalized spacial score (nSPS) is 22.6. The first-order chi connectivity index (χ1) is 9.75. The average Bonchev–Trinajstić information content (AvgIpc) is 2.48. The molecule has 0 radical (unpaired) electrons. The fraction of sp³-hybridized carbons (Fsp3) is 0.412. The molecule has 0 aliphatic heterocycles. The molecule has 1 N–H and O–H groups in total. The minimum Gasteiger partial charge on any atom is -0.324 e. The summed E-state index contributed by atoms with van der Waals surface area (Å²) in [5, 5.41) is 4.14. The SMILES string of the molecule is CC1CCCCC1C(=O)Nc1cccc2cccnc12. The highest BCUT2D eigenvalue weighted by Crippen LogP contribution is 2.31. The second-order valence-corrected chi connectivity index (χ2v) is 5.74. The second-order valence-electron chi connectivity index (χ2n) is 5.74. The summed E-state index contributed by atoms with van der Waals surface area (Å²) in [6.45, 7) is 2.19. The van der Waals surface area contributed by atoms with Crippen molar-refractivity contribution in [2.45, 2.75) is 32.6 Å². The van der Waals surface area contributed by atoms with Gasteiger partial charge in [0.2, 0.25) is 5.91 Å². The van der Waals surface area contributed by atoms with Crippen LogP contribution in [0.15, 0.2) is 36.5 Å². The number of carbonyl (C=O) groups is 1. The number of benzene rings is 1. The fourth-order valence-corrected chi connectivity index (χ4v) is 3.14. The molecule has 0 bridgehead atoms. The van der Waals surface area contributed by atoms with E-state index in [-0.39, 0.29) is 11.8 Å². The van der Waals surface area contributed by atoms with Gasteiger partial charge in [0.05, 0.1) is 11.2 Å². The Bertz CT molecular complexity index is 618. The summed E-state index contributed by atoms with van der Waals surface area (Å²) in [5.41, 5.74) is 1.69. The molecule has 0 saturated heterocycles. The van der Waals surface area contributed by atoms with Gasteiger partial charge >= 0.3 is 0 Å². The van der Waals surface area contributed by atoms with Gasteiger partial charge in [0.15, 0.2) is 0 Å². The van der Waals surface area contributed by atoms with E-state index in [4.69, 9.17) is 0 Å². The molecule has 1 aliphatic rings. The van der Waals surface area contributed by atoms with E-state index in [1.54, 1.807) is 6.20 Å². The maximum atomic E-state index is 12.5. The number of aromatic nitrogens is 1. The summed E-state index contributed by atoms with van der Waals surface area (Å²) in [6.07, 6.45) is 6.34. The maximum absolute atomic E-state index is 12.5. The van der Waals surface area contributed by atoms with Crippen LogP contribution in [0.5, 0.6) is 0 Å². The largest absolute Gasteiger partial charge is 0.324 e. The molecule has 0 spiro atoms. The first-order valence-electron chi connectivity index (χ1n) is 7.40. The Hall–Kier alpha value is -1.90. The van der Waals surface area contributed by atoms with E-state index < -0.39 is 0 Å². The quantitative estimate of drug-likeness (QED) is 0.894. The minimum atomic E-state index is 0.141. The Kier molecular flexibility index (Phi) is 3.68. The van der Waals surface area contributed by atoms with Crippen LogP contribution in [0.1, 0.15) is 32.6 Å². The van der Waals surface area contributed by atoms with Crippen LogP contribution in [0.2, 0.25) is 0 Å². The zero-order chi connectivity index (χ0) is 13.9. The maximum Gasteiger partial charge on any atom is 0.227 e.